The van der Waals surface area contributed by atoms with Crippen LogP contribution in [0.25, 0.3) is 0 Å². The monoisotopic (exact) mass is 397 g/mol. The van der Waals surface area contributed by atoms with E-state index in [1.54, 1.807) is 54.6 Å². The number of nitrogens with one attached hydrogen (secondary N) is 1. The van der Waals surface area contributed by atoms with Crippen LogP contribution in [-0.4, -0.2) is 20.4 Å². The second kappa shape index (κ2) is 7.70. The van der Waals surface area contributed by atoms with Gasteiger partial charge in [0.1, 0.15) is 0 Å². The van der Waals surface area contributed by atoms with Crippen LogP contribution in [0.4, 0.5) is 0 Å². The first-order chi connectivity index (χ1) is 13.4. The van der Waals surface area contributed by atoms with Gasteiger partial charge >= 0.3 is 0 Å². The Kier molecular flexibility index (Phi) is 5.28. The van der Waals surface area contributed by atoms with Crippen molar-refractivity contribution in [2.24, 2.45) is 17.8 Å². The van der Waals surface area contributed by atoms with Gasteiger partial charge < -0.3 is 5.32 Å². The second-order valence-electron chi connectivity index (χ2n) is 8.37. The summed E-state index contributed by atoms with van der Waals surface area (Å²) < 4.78 is 25.2. The number of rotatable bonds is 6. The Morgan fingerprint density at radius 3 is 2.54 bits per heavy atom. The molecule has 2 aromatic carbocycles. The highest BCUT2D eigenvalue weighted by Crippen LogP contribution is 2.49. The maximum Gasteiger partial charge on any atom is 0.251 e. The third-order valence-electron chi connectivity index (χ3n) is 6.44. The summed E-state index contributed by atoms with van der Waals surface area (Å²) >= 11 is 0. The highest BCUT2D eigenvalue weighted by Gasteiger charge is 2.42. The molecule has 0 radical (unpaired) electrons. The smallest absolute Gasteiger partial charge is 0.251 e. The minimum atomic E-state index is -3.43. The fraction of sp³-hybridized carbons (Fsp3) is 0.435. The number of amides is 1. The zero-order chi connectivity index (χ0) is 19.7. The lowest BCUT2D eigenvalue weighted by molar-refractivity contribution is 0.0915. The molecule has 2 aromatic rings. The van der Waals surface area contributed by atoms with Gasteiger partial charge in [-0.15, -0.1) is 0 Å². The first kappa shape index (κ1) is 19.2. The van der Waals surface area contributed by atoms with E-state index in [4.69, 9.17) is 0 Å². The van der Waals surface area contributed by atoms with Gasteiger partial charge in [0.15, 0.2) is 9.84 Å². The summed E-state index contributed by atoms with van der Waals surface area (Å²) in [5, 5.41) is 3.16. The summed E-state index contributed by atoms with van der Waals surface area (Å²) in [5.41, 5.74) is 1.15. The Bertz CT molecular complexity index is 955. The first-order valence-corrected chi connectivity index (χ1v) is 11.8. The van der Waals surface area contributed by atoms with Crippen molar-refractivity contribution in [2.75, 3.05) is 0 Å². The van der Waals surface area contributed by atoms with Crippen molar-refractivity contribution in [3.8, 4) is 0 Å². The minimum absolute atomic E-state index is 0.111. The summed E-state index contributed by atoms with van der Waals surface area (Å²) in [6.45, 7) is 2.10. The molecule has 2 fully saturated rings. The van der Waals surface area contributed by atoms with E-state index in [-0.39, 0.29) is 17.7 Å². The summed E-state index contributed by atoms with van der Waals surface area (Å²) in [6, 6.07) is 15.5. The van der Waals surface area contributed by atoms with E-state index in [1.165, 1.54) is 25.7 Å². The normalized spacial score (nSPS) is 24.8. The zero-order valence-corrected chi connectivity index (χ0v) is 17.0. The van der Waals surface area contributed by atoms with Gasteiger partial charge in [-0.25, -0.2) is 8.42 Å². The number of carbonyl (C=O) groups excluding carboxylic acids is 1. The topological polar surface area (TPSA) is 63.2 Å². The molecule has 1 N–H and O–H groups in total. The second-order valence-corrected chi connectivity index (χ2v) is 10.4. The molecule has 1 amide bonds. The quantitative estimate of drug-likeness (QED) is 0.794. The third-order valence-corrected chi connectivity index (χ3v) is 8.15. The van der Waals surface area contributed by atoms with Crippen LogP contribution in [0.3, 0.4) is 0 Å². The van der Waals surface area contributed by atoms with Crippen LogP contribution in [0.5, 0.6) is 0 Å². The van der Waals surface area contributed by atoms with Gasteiger partial charge in [-0.1, -0.05) is 36.8 Å². The van der Waals surface area contributed by atoms with Gasteiger partial charge in [0, 0.05) is 11.6 Å². The molecule has 0 saturated heterocycles. The van der Waals surface area contributed by atoms with E-state index in [0.717, 1.165) is 11.8 Å². The fourth-order valence-corrected chi connectivity index (χ4v) is 6.39. The van der Waals surface area contributed by atoms with Crippen LogP contribution < -0.4 is 5.32 Å². The lowest BCUT2D eigenvalue weighted by Crippen LogP contribution is -2.40. The summed E-state index contributed by atoms with van der Waals surface area (Å²) in [7, 11) is -3.43. The van der Waals surface area contributed by atoms with Gasteiger partial charge in [0.2, 0.25) is 0 Å². The number of benzene rings is 2. The number of sulfone groups is 1. The molecule has 0 spiro atoms. The summed E-state index contributed by atoms with van der Waals surface area (Å²) in [6.07, 6.45) is 5.18. The molecule has 2 aliphatic rings. The van der Waals surface area contributed by atoms with E-state index in [0.29, 0.717) is 21.9 Å². The van der Waals surface area contributed by atoms with Crippen LogP contribution in [0, 0.1) is 17.8 Å². The molecule has 2 saturated carbocycles. The van der Waals surface area contributed by atoms with Crippen LogP contribution >= 0.6 is 0 Å². The van der Waals surface area contributed by atoms with Crippen molar-refractivity contribution in [1.29, 1.82) is 0 Å². The maximum absolute atomic E-state index is 12.7. The van der Waals surface area contributed by atoms with Crippen molar-refractivity contribution in [3.05, 3.63) is 65.7 Å². The Hall–Kier alpha value is -2.14. The van der Waals surface area contributed by atoms with Gasteiger partial charge in [-0.3, -0.25) is 4.79 Å². The molecule has 0 aromatic heterocycles. The molecule has 5 heteroatoms. The molecule has 2 bridgehead atoms. The fourth-order valence-electron chi connectivity index (χ4n) is 5.04. The highest BCUT2D eigenvalue weighted by molar-refractivity contribution is 7.90. The minimum Gasteiger partial charge on any atom is -0.349 e. The maximum atomic E-state index is 12.7. The zero-order valence-electron chi connectivity index (χ0n) is 16.2. The van der Waals surface area contributed by atoms with Crippen molar-refractivity contribution in [2.45, 2.75) is 49.3 Å². The molecular weight excluding hydrogens is 370 g/mol. The van der Waals surface area contributed by atoms with Crippen molar-refractivity contribution < 1.29 is 13.2 Å². The lowest BCUT2D eigenvalue weighted by Gasteiger charge is -2.28. The third kappa shape index (κ3) is 4.00. The average Bonchev–Trinajstić information content (AvgIpc) is 3.32. The Labute approximate surface area is 167 Å². The van der Waals surface area contributed by atoms with Crippen molar-refractivity contribution in [3.63, 3.8) is 0 Å². The number of fused-ring (bicyclic) bond motifs is 2. The molecule has 0 heterocycles. The number of hydrogen-bond donors (Lipinski definition) is 1. The van der Waals surface area contributed by atoms with Crippen LogP contribution in [-0.2, 0) is 15.6 Å². The van der Waals surface area contributed by atoms with Gasteiger partial charge in [-0.2, -0.15) is 0 Å². The predicted octanol–water partition coefficient (Wildman–Crippen LogP) is 4.22. The Morgan fingerprint density at radius 2 is 1.86 bits per heavy atom. The van der Waals surface area contributed by atoms with Gasteiger partial charge in [0.25, 0.3) is 5.91 Å². The lowest BCUT2D eigenvalue weighted by atomic mass is 9.84. The number of hydrogen-bond acceptors (Lipinski definition) is 3. The van der Waals surface area contributed by atoms with Gasteiger partial charge in [0.05, 0.1) is 10.6 Å². The van der Waals surface area contributed by atoms with E-state index in [9.17, 15) is 13.2 Å². The highest BCUT2D eigenvalue weighted by atomic mass is 32.2. The van der Waals surface area contributed by atoms with Crippen molar-refractivity contribution >= 4 is 15.7 Å². The molecule has 28 heavy (non-hydrogen) atoms. The van der Waals surface area contributed by atoms with E-state index in [2.05, 4.69) is 12.2 Å². The van der Waals surface area contributed by atoms with Crippen LogP contribution in [0.1, 0.15) is 48.5 Å². The van der Waals surface area contributed by atoms with Crippen molar-refractivity contribution in [1.82, 2.24) is 5.32 Å². The van der Waals surface area contributed by atoms with E-state index in [1.807, 2.05) is 0 Å². The Morgan fingerprint density at radius 1 is 1.07 bits per heavy atom. The molecule has 4 nitrogen and oxygen atoms in total. The van der Waals surface area contributed by atoms with Crippen LogP contribution in [0.15, 0.2) is 59.5 Å². The molecule has 4 atom stereocenters. The summed E-state index contributed by atoms with van der Waals surface area (Å²) in [4.78, 5) is 13.0. The van der Waals surface area contributed by atoms with Gasteiger partial charge in [-0.05, 0) is 73.8 Å². The SMILES string of the molecule is CC(NC(=O)c1cccc(CS(=O)(=O)c2ccccc2)c1)C1CC2CCC1C2. The Balaban J connectivity index is 1.44. The molecule has 2 aliphatic carbocycles. The molecule has 4 unspecified atom stereocenters. The predicted molar refractivity (Wildman–Crippen MR) is 110 cm³/mol. The van der Waals surface area contributed by atoms with E-state index >= 15 is 0 Å². The average molecular weight is 398 g/mol. The molecule has 148 valence electrons. The van der Waals surface area contributed by atoms with Crippen LogP contribution in [0.2, 0.25) is 0 Å². The first-order valence-electron chi connectivity index (χ1n) is 10.1. The number of carbonyl (C=O) groups is 1. The molecular formula is C23H27NO3S. The standard InChI is InChI=1S/C23H27NO3S/c1-16(22-14-17-10-11-19(22)12-17)24-23(25)20-7-5-6-18(13-20)15-28(26,27)21-8-3-2-4-9-21/h2-9,13,16-17,19,22H,10-12,14-15H2,1H3,(H,24,25). The molecule has 0 aliphatic heterocycles. The summed E-state index contributed by atoms with van der Waals surface area (Å²) in [5.74, 6) is 1.95. The van der Waals surface area contributed by atoms with E-state index < -0.39 is 9.84 Å². The molecule has 4 rings (SSSR count). The largest absolute Gasteiger partial charge is 0.349 e.